The van der Waals surface area contributed by atoms with Gasteiger partial charge in [0.1, 0.15) is 18.2 Å². The molecule has 0 saturated carbocycles. The van der Waals surface area contributed by atoms with Crippen molar-refractivity contribution in [2.24, 2.45) is 5.73 Å². The molecule has 6 N–H and O–H groups in total. The van der Waals surface area contributed by atoms with E-state index in [4.69, 9.17) is 15.9 Å². The molecule has 4 rings (SSSR count). The fraction of sp³-hybridized carbons (Fsp3) is 0.250. The van der Waals surface area contributed by atoms with E-state index in [9.17, 15) is 13.5 Å². The monoisotopic (exact) mass is 587 g/mol. The third-order valence-corrected chi connectivity index (χ3v) is 8.30. The Morgan fingerprint density at radius 2 is 1.76 bits per heavy atom. The van der Waals surface area contributed by atoms with E-state index >= 15 is 0 Å². The van der Waals surface area contributed by atoms with Gasteiger partial charge in [-0.25, -0.2) is 13.1 Å². The number of nitrogens with zero attached hydrogens (tertiary/aromatic N) is 1. The molecule has 42 heavy (non-hydrogen) atoms. The number of nitrogen functional groups attached to an aromatic ring is 1. The van der Waals surface area contributed by atoms with Crippen LogP contribution in [-0.2, 0) is 29.8 Å². The van der Waals surface area contributed by atoms with Crippen molar-refractivity contribution in [2.75, 3.05) is 5.32 Å². The Morgan fingerprint density at radius 1 is 1.05 bits per heavy atom. The Balaban J connectivity index is 1.59. The molecule has 0 saturated heterocycles. The second kappa shape index (κ2) is 12.7. The summed E-state index contributed by atoms with van der Waals surface area (Å²) in [7, 11) is -3.76. The maximum Gasteiger partial charge on any atom is 0.241 e. The number of benzene rings is 3. The van der Waals surface area contributed by atoms with Gasteiger partial charge in [-0.2, -0.15) is 0 Å². The fourth-order valence-electron chi connectivity index (χ4n) is 4.52. The van der Waals surface area contributed by atoms with Gasteiger partial charge in [-0.3, -0.25) is 10.4 Å². The topological polar surface area (TPSA) is 150 Å². The molecule has 0 amide bonds. The number of aryl methyl sites for hydroxylation is 1. The van der Waals surface area contributed by atoms with Crippen LogP contribution in [0.25, 0.3) is 11.1 Å². The van der Waals surface area contributed by atoms with Crippen LogP contribution in [0.3, 0.4) is 0 Å². The highest BCUT2D eigenvalue weighted by Gasteiger charge is 2.25. The van der Waals surface area contributed by atoms with Crippen molar-refractivity contribution in [2.45, 2.75) is 57.9 Å². The Kier molecular flexibility index (Phi) is 9.30. The van der Waals surface area contributed by atoms with Gasteiger partial charge in [0.05, 0.1) is 17.2 Å². The van der Waals surface area contributed by atoms with Gasteiger partial charge < -0.3 is 20.9 Å². The molecule has 0 atom stereocenters. The average molecular weight is 588 g/mol. The predicted octanol–water partition coefficient (Wildman–Crippen LogP) is 5.10. The van der Waals surface area contributed by atoms with E-state index in [0.29, 0.717) is 34.7 Å². The van der Waals surface area contributed by atoms with Gasteiger partial charge in [-0.1, -0.05) is 54.6 Å². The van der Waals surface area contributed by atoms with Gasteiger partial charge in [-0.15, -0.1) is 0 Å². The number of aliphatic hydroxyl groups excluding tert-OH is 1. The first kappa shape index (κ1) is 30.7. The lowest BCUT2D eigenvalue weighted by atomic mass is 10.0. The van der Waals surface area contributed by atoms with Gasteiger partial charge >= 0.3 is 0 Å². The third-order valence-electron chi connectivity index (χ3n) is 6.48. The summed E-state index contributed by atoms with van der Waals surface area (Å²) in [5.41, 5.74) is 10.7. The Labute approximate surface area is 247 Å². The van der Waals surface area contributed by atoms with Crippen LogP contribution in [0.2, 0.25) is 0 Å². The molecule has 10 heteroatoms. The first-order valence-electron chi connectivity index (χ1n) is 13.5. The standard InChI is InChI=1S/C32H37N5O4S/c1-21-30(41-20-22-12-14-23(15-13-22)31(33)34)28(25(19-38)17-35-21)18-36-26-9-7-8-24(16-26)27-10-5-6-11-29(27)42(39,40)37-32(2,3)4/h5-17,36-38H,18-20H2,1-4H3,(H3,33,34). The molecule has 220 valence electrons. The largest absolute Gasteiger partial charge is 0.487 e. The summed E-state index contributed by atoms with van der Waals surface area (Å²) in [6.07, 6.45) is 1.64. The molecular weight excluding hydrogens is 550 g/mol. The smallest absolute Gasteiger partial charge is 0.241 e. The SMILES string of the molecule is Cc1ncc(CO)c(CNc2cccc(-c3ccccc3S(=O)(=O)NC(C)(C)C)c2)c1OCc1ccc(C(=N)N)cc1. The number of rotatable bonds is 11. The highest BCUT2D eigenvalue weighted by Crippen LogP contribution is 2.31. The lowest BCUT2D eigenvalue weighted by Crippen LogP contribution is -2.40. The minimum Gasteiger partial charge on any atom is -0.487 e. The molecule has 0 spiro atoms. The van der Waals surface area contributed by atoms with Crippen LogP contribution >= 0.6 is 0 Å². The molecule has 0 aliphatic heterocycles. The van der Waals surface area contributed by atoms with Crippen LogP contribution < -0.4 is 20.5 Å². The molecule has 0 radical (unpaired) electrons. The van der Waals surface area contributed by atoms with Crippen molar-refractivity contribution in [3.63, 3.8) is 0 Å². The Morgan fingerprint density at radius 3 is 2.43 bits per heavy atom. The van der Waals surface area contributed by atoms with Gasteiger partial charge in [0.15, 0.2) is 0 Å². The molecule has 3 aromatic carbocycles. The summed E-state index contributed by atoms with van der Waals surface area (Å²) in [4.78, 5) is 4.61. The molecule has 0 bridgehead atoms. The number of sulfonamides is 1. The third kappa shape index (κ3) is 7.52. The van der Waals surface area contributed by atoms with E-state index in [0.717, 1.165) is 22.4 Å². The highest BCUT2D eigenvalue weighted by atomic mass is 32.2. The molecular formula is C32H37N5O4S. The van der Waals surface area contributed by atoms with Crippen molar-refractivity contribution in [3.8, 4) is 16.9 Å². The predicted molar refractivity (Wildman–Crippen MR) is 166 cm³/mol. The van der Waals surface area contributed by atoms with E-state index < -0.39 is 15.6 Å². The average Bonchev–Trinajstić information content (AvgIpc) is 2.94. The molecule has 0 fully saturated rings. The first-order valence-corrected chi connectivity index (χ1v) is 15.0. The van der Waals surface area contributed by atoms with E-state index in [1.165, 1.54) is 0 Å². The number of anilines is 1. The van der Waals surface area contributed by atoms with Crippen LogP contribution in [0.15, 0.2) is 83.9 Å². The van der Waals surface area contributed by atoms with Crippen molar-refractivity contribution in [3.05, 3.63) is 107 Å². The Bertz CT molecular complexity index is 1680. The normalized spacial score (nSPS) is 11.7. The molecule has 1 heterocycles. The van der Waals surface area contributed by atoms with E-state index in [-0.39, 0.29) is 23.9 Å². The molecule has 9 nitrogen and oxygen atoms in total. The second-order valence-electron chi connectivity index (χ2n) is 11.0. The van der Waals surface area contributed by atoms with Crippen LogP contribution in [0.4, 0.5) is 5.69 Å². The van der Waals surface area contributed by atoms with E-state index in [1.54, 1.807) is 57.3 Å². The number of amidine groups is 1. The van der Waals surface area contributed by atoms with Crippen molar-refractivity contribution in [1.29, 1.82) is 5.41 Å². The number of hydrogen-bond donors (Lipinski definition) is 5. The zero-order chi connectivity index (χ0) is 30.5. The number of pyridine rings is 1. The molecule has 4 aromatic rings. The molecule has 1 aromatic heterocycles. The summed E-state index contributed by atoms with van der Waals surface area (Å²) in [6, 6.07) is 21.7. The summed E-state index contributed by atoms with van der Waals surface area (Å²) < 4.78 is 35.3. The molecule has 0 unspecified atom stereocenters. The zero-order valence-electron chi connectivity index (χ0n) is 24.2. The molecule has 0 aliphatic carbocycles. The summed E-state index contributed by atoms with van der Waals surface area (Å²) in [5, 5.41) is 21.0. The number of hydrogen-bond acceptors (Lipinski definition) is 7. The number of nitrogens with one attached hydrogen (secondary N) is 3. The van der Waals surface area contributed by atoms with Crippen molar-refractivity contribution in [1.82, 2.24) is 9.71 Å². The van der Waals surface area contributed by atoms with E-state index in [2.05, 4.69) is 15.0 Å². The highest BCUT2D eigenvalue weighted by molar-refractivity contribution is 7.89. The second-order valence-corrected chi connectivity index (χ2v) is 12.7. The van der Waals surface area contributed by atoms with Crippen molar-refractivity contribution < 1.29 is 18.3 Å². The minimum absolute atomic E-state index is 0.00211. The van der Waals surface area contributed by atoms with Crippen LogP contribution in [-0.4, -0.2) is 29.9 Å². The van der Waals surface area contributed by atoms with Gasteiger partial charge in [0, 0.05) is 46.2 Å². The van der Waals surface area contributed by atoms with Gasteiger partial charge in [0.25, 0.3) is 0 Å². The number of nitrogens with two attached hydrogens (primary N) is 1. The lowest BCUT2D eigenvalue weighted by molar-refractivity contribution is 0.273. The minimum atomic E-state index is -3.76. The van der Waals surface area contributed by atoms with Gasteiger partial charge in [-0.05, 0) is 57.0 Å². The molecule has 0 aliphatic rings. The van der Waals surface area contributed by atoms with Crippen LogP contribution in [0.1, 0.15) is 48.7 Å². The Hall–Kier alpha value is -4.25. The lowest BCUT2D eigenvalue weighted by Gasteiger charge is -2.22. The summed E-state index contributed by atoms with van der Waals surface area (Å²) in [6.45, 7) is 7.67. The fourth-order valence-corrected chi connectivity index (χ4v) is 6.17. The maximum atomic E-state index is 13.2. The van der Waals surface area contributed by atoms with Gasteiger partial charge in [0.2, 0.25) is 10.0 Å². The van der Waals surface area contributed by atoms with Crippen molar-refractivity contribution >= 4 is 21.5 Å². The van der Waals surface area contributed by atoms with Crippen LogP contribution in [0.5, 0.6) is 5.75 Å². The zero-order valence-corrected chi connectivity index (χ0v) is 25.0. The number of aliphatic hydroxyl groups is 1. The van der Waals surface area contributed by atoms with E-state index in [1.807, 2.05) is 49.4 Å². The summed E-state index contributed by atoms with van der Waals surface area (Å²) >= 11 is 0. The quantitative estimate of drug-likeness (QED) is 0.121. The first-order chi connectivity index (χ1) is 19.9. The number of aromatic nitrogens is 1. The van der Waals surface area contributed by atoms with Crippen LogP contribution in [0, 0.1) is 12.3 Å². The maximum absolute atomic E-state index is 13.2. The summed E-state index contributed by atoms with van der Waals surface area (Å²) in [5.74, 6) is 0.577. The number of ether oxygens (including phenoxy) is 1.